The first-order valence-corrected chi connectivity index (χ1v) is 7.27. The van der Waals surface area contributed by atoms with Gasteiger partial charge < -0.3 is 5.11 Å². The summed E-state index contributed by atoms with van der Waals surface area (Å²) in [7, 11) is 0. The van der Waals surface area contributed by atoms with Crippen molar-refractivity contribution >= 4 is 23.5 Å². The Kier molecular flexibility index (Phi) is 8.42. The van der Waals surface area contributed by atoms with Gasteiger partial charge in [-0.15, -0.1) is 0 Å². The Hall–Kier alpha value is 0.660. The maximum atomic E-state index is 9.79. The summed E-state index contributed by atoms with van der Waals surface area (Å²) in [6, 6.07) is 0. The summed E-state index contributed by atoms with van der Waals surface area (Å²) in [4.78, 5) is 0. The second-order valence-electron chi connectivity index (χ2n) is 3.51. The minimum atomic E-state index is -0.119. The SMILES string of the molecule is CCC[C@@H](O)[C@@H](CSC(C)C)SC. The first-order chi connectivity index (χ1) is 6.11. The van der Waals surface area contributed by atoms with Gasteiger partial charge in [0.25, 0.3) is 0 Å². The van der Waals surface area contributed by atoms with Gasteiger partial charge in [0.15, 0.2) is 0 Å². The molecule has 0 fully saturated rings. The first-order valence-electron chi connectivity index (χ1n) is 4.94. The Morgan fingerprint density at radius 3 is 2.31 bits per heavy atom. The molecule has 0 rings (SSSR count). The van der Waals surface area contributed by atoms with Crippen LogP contribution < -0.4 is 0 Å². The van der Waals surface area contributed by atoms with Crippen LogP contribution in [-0.4, -0.2) is 33.7 Å². The lowest BCUT2D eigenvalue weighted by atomic mass is 10.1. The van der Waals surface area contributed by atoms with E-state index in [0.29, 0.717) is 10.5 Å². The summed E-state index contributed by atoms with van der Waals surface area (Å²) < 4.78 is 0. The predicted molar refractivity (Wildman–Crippen MR) is 65.8 cm³/mol. The van der Waals surface area contributed by atoms with Gasteiger partial charge in [0.05, 0.1) is 6.10 Å². The Morgan fingerprint density at radius 1 is 1.31 bits per heavy atom. The minimum absolute atomic E-state index is 0.119. The van der Waals surface area contributed by atoms with Crippen LogP contribution in [0, 0.1) is 0 Å². The Morgan fingerprint density at radius 2 is 1.92 bits per heavy atom. The second-order valence-corrected chi connectivity index (χ2v) is 6.20. The molecule has 3 heteroatoms. The van der Waals surface area contributed by atoms with Crippen molar-refractivity contribution in [1.82, 2.24) is 0 Å². The fourth-order valence-corrected chi connectivity index (χ4v) is 3.13. The zero-order valence-corrected chi connectivity index (χ0v) is 10.8. The van der Waals surface area contributed by atoms with E-state index in [4.69, 9.17) is 0 Å². The molecule has 0 heterocycles. The van der Waals surface area contributed by atoms with E-state index >= 15 is 0 Å². The van der Waals surface area contributed by atoms with E-state index in [2.05, 4.69) is 27.0 Å². The van der Waals surface area contributed by atoms with Gasteiger partial charge in [-0.25, -0.2) is 0 Å². The quantitative estimate of drug-likeness (QED) is 0.715. The van der Waals surface area contributed by atoms with Crippen molar-refractivity contribution in [3.63, 3.8) is 0 Å². The van der Waals surface area contributed by atoms with Crippen LogP contribution in [0.5, 0.6) is 0 Å². The molecule has 0 unspecified atom stereocenters. The number of aliphatic hydroxyl groups is 1. The third kappa shape index (κ3) is 6.69. The lowest BCUT2D eigenvalue weighted by Crippen LogP contribution is -2.25. The van der Waals surface area contributed by atoms with Gasteiger partial charge in [-0.1, -0.05) is 27.2 Å². The zero-order chi connectivity index (χ0) is 10.3. The lowest BCUT2D eigenvalue weighted by molar-refractivity contribution is 0.166. The van der Waals surface area contributed by atoms with Gasteiger partial charge in [-0.2, -0.15) is 23.5 Å². The highest BCUT2D eigenvalue weighted by Crippen LogP contribution is 2.22. The van der Waals surface area contributed by atoms with Gasteiger partial charge in [0.2, 0.25) is 0 Å². The van der Waals surface area contributed by atoms with Crippen LogP contribution in [-0.2, 0) is 0 Å². The molecule has 0 saturated heterocycles. The molecule has 80 valence electrons. The van der Waals surface area contributed by atoms with E-state index in [9.17, 15) is 5.11 Å². The monoisotopic (exact) mass is 222 g/mol. The third-order valence-corrected chi connectivity index (χ3v) is 4.43. The lowest BCUT2D eigenvalue weighted by Gasteiger charge is -2.21. The van der Waals surface area contributed by atoms with Crippen molar-refractivity contribution in [2.24, 2.45) is 0 Å². The maximum absolute atomic E-state index is 9.79. The van der Waals surface area contributed by atoms with Crippen LogP contribution in [0.1, 0.15) is 33.6 Å². The average molecular weight is 222 g/mol. The molecule has 0 aromatic rings. The number of thioether (sulfide) groups is 2. The van der Waals surface area contributed by atoms with Crippen molar-refractivity contribution in [3.8, 4) is 0 Å². The van der Waals surface area contributed by atoms with Crippen LogP contribution in [0.15, 0.2) is 0 Å². The smallest absolute Gasteiger partial charge is 0.0666 e. The topological polar surface area (TPSA) is 20.2 Å². The molecule has 0 radical (unpaired) electrons. The molecular weight excluding hydrogens is 200 g/mol. The molecular formula is C10H22OS2. The number of hydrogen-bond acceptors (Lipinski definition) is 3. The summed E-state index contributed by atoms with van der Waals surface area (Å²) in [6.07, 6.45) is 3.98. The molecule has 1 nitrogen and oxygen atoms in total. The number of aliphatic hydroxyl groups excluding tert-OH is 1. The second kappa shape index (κ2) is 8.01. The third-order valence-electron chi connectivity index (χ3n) is 1.91. The summed E-state index contributed by atoms with van der Waals surface area (Å²) in [5.74, 6) is 1.07. The largest absolute Gasteiger partial charge is 0.392 e. The minimum Gasteiger partial charge on any atom is -0.392 e. The van der Waals surface area contributed by atoms with Crippen molar-refractivity contribution in [2.45, 2.75) is 50.2 Å². The highest BCUT2D eigenvalue weighted by atomic mass is 32.2. The van der Waals surface area contributed by atoms with Crippen molar-refractivity contribution in [3.05, 3.63) is 0 Å². The number of rotatable bonds is 7. The number of hydrogen-bond donors (Lipinski definition) is 1. The van der Waals surface area contributed by atoms with Gasteiger partial charge in [0.1, 0.15) is 0 Å². The van der Waals surface area contributed by atoms with Crippen LogP contribution in [0.4, 0.5) is 0 Å². The molecule has 2 atom stereocenters. The van der Waals surface area contributed by atoms with E-state index in [1.54, 1.807) is 11.8 Å². The summed E-state index contributed by atoms with van der Waals surface area (Å²) in [6.45, 7) is 6.53. The van der Waals surface area contributed by atoms with Gasteiger partial charge in [0, 0.05) is 11.0 Å². The van der Waals surface area contributed by atoms with Crippen molar-refractivity contribution < 1.29 is 5.11 Å². The van der Waals surface area contributed by atoms with Gasteiger partial charge in [-0.3, -0.25) is 0 Å². The first kappa shape index (κ1) is 13.7. The molecule has 0 amide bonds. The summed E-state index contributed by atoms with van der Waals surface area (Å²) in [5.41, 5.74) is 0. The summed E-state index contributed by atoms with van der Waals surface area (Å²) >= 11 is 3.73. The molecule has 0 aromatic heterocycles. The standard InChI is InChI=1S/C10H22OS2/c1-5-6-9(11)10(12-4)7-13-8(2)3/h8-11H,5-7H2,1-4H3/t9-,10-/m1/s1. The van der Waals surface area contributed by atoms with Crippen LogP contribution in [0.25, 0.3) is 0 Å². The molecule has 0 aliphatic rings. The van der Waals surface area contributed by atoms with E-state index in [1.165, 1.54) is 0 Å². The van der Waals surface area contributed by atoms with Crippen LogP contribution in [0.2, 0.25) is 0 Å². The maximum Gasteiger partial charge on any atom is 0.0666 e. The van der Waals surface area contributed by atoms with Crippen LogP contribution >= 0.6 is 23.5 Å². The molecule has 13 heavy (non-hydrogen) atoms. The highest BCUT2D eigenvalue weighted by Gasteiger charge is 2.17. The van der Waals surface area contributed by atoms with E-state index in [0.717, 1.165) is 18.6 Å². The van der Waals surface area contributed by atoms with Crippen molar-refractivity contribution in [1.29, 1.82) is 0 Å². The van der Waals surface area contributed by atoms with E-state index in [-0.39, 0.29) is 6.10 Å². The Labute approximate surface area is 91.1 Å². The molecule has 0 aliphatic heterocycles. The molecule has 0 aromatic carbocycles. The zero-order valence-electron chi connectivity index (χ0n) is 9.12. The fraction of sp³-hybridized carbons (Fsp3) is 1.00. The van der Waals surface area contributed by atoms with Crippen molar-refractivity contribution in [2.75, 3.05) is 12.0 Å². The molecule has 0 saturated carbocycles. The fourth-order valence-electron chi connectivity index (χ4n) is 1.11. The highest BCUT2D eigenvalue weighted by molar-refractivity contribution is 8.03. The van der Waals surface area contributed by atoms with E-state index in [1.807, 2.05) is 11.8 Å². The molecule has 0 bridgehead atoms. The van der Waals surface area contributed by atoms with Gasteiger partial charge in [-0.05, 0) is 17.9 Å². The van der Waals surface area contributed by atoms with E-state index < -0.39 is 0 Å². The Balaban J connectivity index is 3.73. The average Bonchev–Trinajstić information content (AvgIpc) is 2.05. The normalized spacial score (nSPS) is 16.2. The predicted octanol–water partition coefficient (Wildman–Crippen LogP) is 3.02. The molecule has 0 spiro atoms. The van der Waals surface area contributed by atoms with Crippen LogP contribution in [0.3, 0.4) is 0 Å². The Bertz CT molecular complexity index is 117. The van der Waals surface area contributed by atoms with Gasteiger partial charge >= 0.3 is 0 Å². The molecule has 1 N–H and O–H groups in total. The summed E-state index contributed by atoms with van der Waals surface area (Å²) in [5, 5.41) is 10.9. The molecule has 0 aliphatic carbocycles.